The summed E-state index contributed by atoms with van der Waals surface area (Å²) in [5.41, 5.74) is 1.02. The van der Waals surface area contributed by atoms with Crippen LogP contribution in [0.25, 0.3) is 0 Å². The maximum Gasteiger partial charge on any atom is 0.219 e. The molecule has 2 fully saturated rings. The van der Waals surface area contributed by atoms with E-state index in [-0.39, 0.29) is 5.91 Å². The fraction of sp³-hybridized carbons (Fsp3) is 0.750. The summed E-state index contributed by atoms with van der Waals surface area (Å²) in [6, 6.07) is 2.60. The molecule has 2 saturated heterocycles. The number of nitrogens with zero attached hydrogens (tertiary/aromatic N) is 4. The van der Waals surface area contributed by atoms with E-state index in [9.17, 15) is 4.79 Å². The van der Waals surface area contributed by atoms with Gasteiger partial charge in [0.15, 0.2) is 0 Å². The van der Waals surface area contributed by atoms with Crippen molar-refractivity contribution in [1.82, 2.24) is 19.9 Å². The smallest absolute Gasteiger partial charge is 0.219 e. The SMILES string of the molecule is CC(=O)N1CCN([C@@H]2CN(Cc3cc(C)on3)C[C@@H]2C)CC1. The Morgan fingerprint density at radius 2 is 2.05 bits per heavy atom. The molecule has 2 aliphatic rings. The highest BCUT2D eigenvalue weighted by atomic mass is 16.5. The van der Waals surface area contributed by atoms with Crippen LogP contribution in [0.3, 0.4) is 0 Å². The summed E-state index contributed by atoms with van der Waals surface area (Å²) in [6.07, 6.45) is 0. The normalized spacial score (nSPS) is 27.5. The average Bonchev–Trinajstić information content (AvgIpc) is 3.05. The maximum atomic E-state index is 11.4. The molecular weight excluding hydrogens is 280 g/mol. The summed E-state index contributed by atoms with van der Waals surface area (Å²) < 4.78 is 5.15. The summed E-state index contributed by atoms with van der Waals surface area (Å²) >= 11 is 0. The number of amides is 1. The molecule has 3 rings (SSSR count). The maximum absolute atomic E-state index is 11.4. The fourth-order valence-corrected chi connectivity index (χ4v) is 3.74. The van der Waals surface area contributed by atoms with Gasteiger partial charge >= 0.3 is 0 Å². The molecule has 2 atom stereocenters. The van der Waals surface area contributed by atoms with E-state index in [0.717, 1.165) is 57.3 Å². The number of piperazine rings is 1. The minimum atomic E-state index is 0.196. The number of carbonyl (C=O) groups excluding carboxylic acids is 1. The molecule has 0 aliphatic carbocycles. The Labute approximate surface area is 132 Å². The van der Waals surface area contributed by atoms with E-state index < -0.39 is 0 Å². The van der Waals surface area contributed by atoms with Crippen molar-refractivity contribution in [3.8, 4) is 0 Å². The second-order valence-electron chi connectivity index (χ2n) is 6.71. The summed E-state index contributed by atoms with van der Waals surface area (Å²) in [7, 11) is 0. The first kappa shape index (κ1) is 15.5. The highest BCUT2D eigenvalue weighted by molar-refractivity contribution is 5.73. The lowest BCUT2D eigenvalue weighted by molar-refractivity contribution is -0.130. The zero-order chi connectivity index (χ0) is 15.7. The van der Waals surface area contributed by atoms with Gasteiger partial charge in [0.2, 0.25) is 5.91 Å². The van der Waals surface area contributed by atoms with Crippen molar-refractivity contribution in [2.45, 2.75) is 33.4 Å². The number of aryl methyl sites for hydroxylation is 1. The molecule has 1 aromatic rings. The van der Waals surface area contributed by atoms with E-state index in [4.69, 9.17) is 4.52 Å². The van der Waals surface area contributed by atoms with Crippen LogP contribution >= 0.6 is 0 Å². The molecule has 6 heteroatoms. The Morgan fingerprint density at radius 1 is 1.32 bits per heavy atom. The third-order valence-electron chi connectivity index (χ3n) is 4.94. The van der Waals surface area contributed by atoms with Crippen LogP contribution in [0, 0.1) is 12.8 Å². The van der Waals surface area contributed by atoms with Gasteiger partial charge < -0.3 is 9.42 Å². The second kappa shape index (κ2) is 6.38. The van der Waals surface area contributed by atoms with Crippen LogP contribution < -0.4 is 0 Å². The number of carbonyl (C=O) groups is 1. The van der Waals surface area contributed by atoms with Crippen molar-refractivity contribution in [3.05, 3.63) is 17.5 Å². The molecule has 22 heavy (non-hydrogen) atoms. The minimum absolute atomic E-state index is 0.196. The molecular formula is C16H26N4O2. The van der Waals surface area contributed by atoms with Gasteiger partial charge in [-0.3, -0.25) is 14.6 Å². The predicted molar refractivity (Wildman–Crippen MR) is 83.3 cm³/mol. The van der Waals surface area contributed by atoms with Crippen LogP contribution in [-0.2, 0) is 11.3 Å². The minimum Gasteiger partial charge on any atom is -0.361 e. The lowest BCUT2D eigenvalue weighted by atomic mass is 10.0. The van der Waals surface area contributed by atoms with Gasteiger partial charge in [0.1, 0.15) is 5.76 Å². The Kier molecular flexibility index (Phi) is 4.49. The number of rotatable bonds is 3. The quantitative estimate of drug-likeness (QED) is 0.833. The van der Waals surface area contributed by atoms with Crippen LogP contribution in [0.4, 0.5) is 0 Å². The van der Waals surface area contributed by atoms with Crippen molar-refractivity contribution >= 4 is 5.91 Å². The highest BCUT2D eigenvalue weighted by Crippen LogP contribution is 2.24. The lowest BCUT2D eigenvalue weighted by Gasteiger charge is -2.39. The monoisotopic (exact) mass is 306 g/mol. The molecule has 1 aromatic heterocycles. The molecule has 0 radical (unpaired) electrons. The van der Waals surface area contributed by atoms with Crippen molar-refractivity contribution in [2.75, 3.05) is 39.3 Å². The molecule has 6 nitrogen and oxygen atoms in total. The van der Waals surface area contributed by atoms with Crippen LogP contribution in [0.5, 0.6) is 0 Å². The molecule has 0 spiro atoms. The molecule has 0 unspecified atom stereocenters. The summed E-state index contributed by atoms with van der Waals surface area (Å²) in [5, 5.41) is 4.10. The van der Waals surface area contributed by atoms with Crippen molar-refractivity contribution in [1.29, 1.82) is 0 Å². The van der Waals surface area contributed by atoms with Gasteiger partial charge in [0, 0.05) is 64.8 Å². The van der Waals surface area contributed by atoms with Crippen molar-refractivity contribution in [2.24, 2.45) is 5.92 Å². The number of hydrogen-bond donors (Lipinski definition) is 0. The van der Waals surface area contributed by atoms with E-state index in [1.807, 2.05) is 17.9 Å². The third kappa shape index (κ3) is 3.33. The van der Waals surface area contributed by atoms with E-state index in [1.54, 1.807) is 6.92 Å². The fourth-order valence-electron chi connectivity index (χ4n) is 3.74. The average molecular weight is 306 g/mol. The van der Waals surface area contributed by atoms with Gasteiger partial charge in [-0.2, -0.15) is 0 Å². The number of likely N-dealkylation sites (tertiary alicyclic amines) is 1. The van der Waals surface area contributed by atoms with Gasteiger partial charge in [-0.05, 0) is 12.8 Å². The van der Waals surface area contributed by atoms with Gasteiger partial charge in [-0.15, -0.1) is 0 Å². The number of hydrogen-bond acceptors (Lipinski definition) is 5. The first-order valence-corrected chi connectivity index (χ1v) is 8.17. The second-order valence-corrected chi connectivity index (χ2v) is 6.71. The Bertz CT molecular complexity index is 522. The van der Waals surface area contributed by atoms with E-state index in [2.05, 4.69) is 21.9 Å². The first-order chi connectivity index (χ1) is 10.5. The van der Waals surface area contributed by atoms with Gasteiger partial charge in [0.25, 0.3) is 0 Å². The number of aromatic nitrogens is 1. The molecule has 3 heterocycles. The largest absolute Gasteiger partial charge is 0.361 e. The van der Waals surface area contributed by atoms with Crippen LogP contribution in [-0.4, -0.2) is 71.1 Å². The van der Waals surface area contributed by atoms with Crippen LogP contribution in [0.2, 0.25) is 0 Å². The van der Waals surface area contributed by atoms with E-state index in [0.29, 0.717) is 12.0 Å². The van der Waals surface area contributed by atoms with E-state index >= 15 is 0 Å². The van der Waals surface area contributed by atoms with E-state index in [1.165, 1.54) is 0 Å². The molecule has 1 amide bonds. The Morgan fingerprint density at radius 3 is 2.64 bits per heavy atom. The topological polar surface area (TPSA) is 52.8 Å². The molecule has 2 aliphatic heterocycles. The lowest BCUT2D eigenvalue weighted by Crippen LogP contribution is -2.53. The summed E-state index contributed by atoms with van der Waals surface area (Å²) in [6.45, 7) is 12.7. The third-order valence-corrected chi connectivity index (χ3v) is 4.94. The van der Waals surface area contributed by atoms with Crippen LogP contribution in [0.1, 0.15) is 25.3 Å². The molecule has 0 saturated carbocycles. The molecule has 0 bridgehead atoms. The zero-order valence-corrected chi connectivity index (χ0v) is 13.8. The van der Waals surface area contributed by atoms with Gasteiger partial charge in [-0.1, -0.05) is 12.1 Å². The Hall–Kier alpha value is -1.40. The zero-order valence-electron chi connectivity index (χ0n) is 13.8. The van der Waals surface area contributed by atoms with Crippen LogP contribution in [0.15, 0.2) is 10.6 Å². The summed E-state index contributed by atoms with van der Waals surface area (Å²) in [4.78, 5) is 18.4. The van der Waals surface area contributed by atoms with Crippen molar-refractivity contribution in [3.63, 3.8) is 0 Å². The Balaban J connectivity index is 1.54. The molecule has 0 aromatic carbocycles. The molecule has 0 N–H and O–H groups in total. The van der Waals surface area contributed by atoms with Crippen molar-refractivity contribution < 1.29 is 9.32 Å². The molecule has 122 valence electrons. The predicted octanol–water partition coefficient (Wildman–Crippen LogP) is 0.967. The van der Waals surface area contributed by atoms with Gasteiger partial charge in [-0.25, -0.2) is 0 Å². The first-order valence-electron chi connectivity index (χ1n) is 8.17. The van der Waals surface area contributed by atoms with Gasteiger partial charge in [0.05, 0.1) is 5.69 Å². The standard InChI is InChI=1S/C16H26N4O2/c1-12-9-18(10-15-8-13(2)22-17-15)11-16(12)20-6-4-19(5-7-20)14(3)21/h8,12,16H,4-7,9-11H2,1-3H3/t12-,16+/m0/s1. The highest BCUT2D eigenvalue weighted by Gasteiger charge is 2.35. The summed E-state index contributed by atoms with van der Waals surface area (Å²) in [5.74, 6) is 1.72.